The van der Waals surface area contributed by atoms with Crippen molar-refractivity contribution in [3.8, 4) is 0 Å². The molecule has 1 heterocycles. The smallest absolute Gasteiger partial charge is 0.238 e. The van der Waals surface area contributed by atoms with E-state index >= 15 is 0 Å². The number of amides is 2. The molecule has 0 spiro atoms. The molecule has 5 heteroatoms. The van der Waals surface area contributed by atoms with Crippen LogP contribution in [-0.4, -0.2) is 42.9 Å². The lowest BCUT2D eigenvalue weighted by Gasteiger charge is -2.30. The molecule has 0 bridgehead atoms. The minimum absolute atomic E-state index is 0.0214. The van der Waals surface area contributed by atoms with Crippen LogP contribution in [0.2, 0.25) is 0 Å². The second-order valence-corrected chi connectivity index (χ2v) is 6.95. The summed E-state index contributed by atoms with van der Waals surface area (Å²) < 4.78 is 0. The minimum Gasteiger partial charge on any atom is -0.325 e. The molecule has 0 aromatic heterocycles. The molecule has 2 aliphatic rings. The summed E-state index contributed by atoms with van der Waals surface area (Å²) >= 11 is 0. The maximum Gasteiger partial charge on any atom is 0.238 e. The average molecular weight is 329 g/mol. The summed E-state index contributed by atoms with van der Waals surface area (Å²) in [6, 6.07) is 8.10. The molecule has 1 aromatic carbocycles. The molecule has 24 heavy (non-hydrogen) atoms. The third-order valence-electron chi connectivity index (χ3n) is 5.13. The standard InChI is InChI=1S/C19H27N3O2/c1-21(16-6-3-2-4-7-16)14-18(23)20-15-9-11-17(12-10-15)22-13-5-8-19(22)24/h9-12,16H,2-8,13-14H2,1H3,(H,20,23). The van der Waals surface area contributed by atoms with Crippen molar-refractivity contribution in [2.24, 2.45) is 0 Å². The number of carbonyl (C=O) groups excluding carboxylic acids is 2. The molecule has 130 valence electrons. The first-order valence-electron chi connectivity index (χ1n) is 9.04. The van der Waals surface area contributed by atoms with Crippen molar-refractivity contribution in [2.75, 3.05) is 30.4 Å². The Balaban J connectivity index is 1.51. The Morgan fingerprint density at radius 3 is 2.50 bits per heavy atom. The van der Waals surface area contributed by atoms with Crippen LogP contribution in [0.3, 0.4) is 0 Å². The van der Waals surface area contributed by atoms with Crippen molar-refractivity contribution in [3.05, 3.63) is 24.3 Å². The second kappa shape index (κ2) is 7.79. The van der Waals surface area contributed by atoms with Crippen LogP contribution in [0.1, 0.15) is 44.9 Å². The molecular weight excluding hydrogens is 302 g/mol. The number of rotatable bonds is 5. The van der Waals surface area contributed by atoms with Crippen LogP contribution in [0.25, 0.3) is 0 Å². The van der Waals surface area contributed by atoms with Crippen LogP contribution in [-0.2, 0) is 9.59 Å². The number of hydrogen-bond donors (Lipinski definition) is 1. The summed E-state index contributed by atoms with van der Waals surface area (Å²) in [5.41, 5.74) is 1.70. The fourth-order valence-electron chi connectivity index (χ4n) is 3.72. The highest BCUT2D eigenvalue weighted by Gasteiger charge is 2.22. The van der Waals surface area contributed by atoms with E-state index in [0.717, 1.165) is 24.3 Å². The van der Waals surface area contributed by atoms with Crippen molar-refractivity contribution in [1.29, 1.82) is 0 Å². The molecular formula is C19H27N3O2. The van der Waals surface area contributed by atoms with Gasteiger partial charge in [0, 0.05) is 30.4 Å². The predicted octanol–water partition coefficient (Wildman–Crippen LogP) is 3.02. The lowest BCUT2D eigenvalue weighted by molar-refractivity contribution is -0.118. The second-order valence-electron chi connectivity index (χ2n) is 6.95. The summed E-state index contributed by atoms with van der Waals surface area (Å²) in [5.74, 6) is 0.203. The molecule has 0 radical (unpaired) electrons. The Morgan fingerprint density at radius 2 is 1.88 bits per heavy atom. The van der Waals surface area contributed by atoms with Gasteiger partial charge in [0.2, 0.25) is 11.8 Å². The largest absolute Gasteiger partial charge is 0.325 e. The van der Waals surface area contributed by atoms with Crippen LogP contribution in [0, 0.1) is 0 Å². The molecule has 1 aliphatic carbocycles. The van der Waals surface area contributed by atoms with Gasteiger partial charge < -0.3 is 10.2 Å². The highest BCUT2D eigenvalue weighted by molar-refractivity contribution is 5.96. The summed E-state index contributed by atoms with van der Waals surface area (Å²) in [6.45, 7) is 1.22. The number of anilines is 2. The van der Waals surface area contributed by atoms with Gasteiger partial charge >= 0.3 is 0 Å². The molecule has 1 N–H and O–H groups in total. The molecule has 3 rings (SSSR count). The van der Waals surface area contributed by atoms with Gasteiger partial charge in [0.15, 0.2) is 0 Å². The molecule has 5 nitrogen and oxygen atoms in total. The molecule has 2 amide bonds. The summed E-state index contributed by atoms with van der Waals surface area (Å²) in [5, 5.41) is 2.96. The van der Waals surface area contributed by atoms with Crippen molar-refractivity contribution < 1.29 is 9.59 Å². The zero-order chi connectivity index (χ0) is 16.9. The lowest BCUT2D eigenvalue weighted by atomic mass is 9.94. The minimum atomic E-state index is 0.0214. The topological polar surface area (TPSA) is 52.7 Å². The maximum absolute atomic E-state index is 12.2. The van der Waals surface area contributed by atoms with Gasteiger partial charge in [-0.1, -0.05) is 19.3 Å². The Kier molecular flexibility index (Phi) is 5.51. The first-order chi connectivity index (χ1) is 11.6. The van der Waals surface area contributed by atoms with E-state index in [1.165, 1.54) is 32.1 Å². The fourth-order valence-corrected chi connectivity index (χ4v) is 3.72. The Hall–Kier alpha value is -1.88. The van der Waals surface area contributed by atoms with Gasteiger partial charge in [0.1, 0.15) is 0 Å². The molecule has 2 fully saturated rings. The molecule has 1 saturated heterocycles. The van der Waals surface area contributed by atoms with Crippen molar-refractivity contribution in [3.63, 3.8) is 0 Å². The van der Waals surface area contributed by atoms with E-state index in [1.807, 2.05) is 36.2 Å². The number of benzene rings is 1. The fraction of sp³-hybridized carbons (Fsp3) is 0.579. The van der Waals surface area contributed by atoms with E-state index in [0.29, 0.717) is 19.0 Å². The lowest BCUT2D eigenvalue weighted by Crippen LogP contribution is -2.39. The SMILES string of the molecule is CN(CC(=O)Nc1ccc(N2CCCC2=O)cc1)C1CCCCC1. The van der Waals surface area contributed by atoms with Gasteiger partial charge in [-0.25, -0.2) is 0 Å². The zero-order valence-corrected chi connectivity index (χ0v) is 14.5. The van der Waals surface area contributed by atoms with Crippen LogP contribution in [0.15, 0.2) is 24.3 Å². The summed E-state index contributed by atoms with van der Waals surface area (Å²) in [6.07, 6.45) is 7.81. The normalized spacial score (nSPS) is 19.1. The quantitative estimate of drug-likeness (QED) is 0.903. The number of likely N-dealkylation sites (N-methyl/N-ethyl adjacent to an activating group) is 1. The van der Waals surface area contributed by atoms with Crippen LogP contribution < -0.4 is 10.2 Å². The first kappa shape index (κ1) is 17.0. The highest BCUT2D eigenvalue weighted by Crippen LogP contribution is 2.23. The van der Waals surface area contributed by atoms with E-state index in [-0.39, 0.29) is 11.8 Å². The van der Waals surface area contributed by atoms with Crippen LogP contribution in [0.5, 0.6) is 0 Å². The molecule has 1 aromatic rings. The predicted molar refractivity (Wildman–Crippen MR) is 96.2 cm³/mol. The highest BCUT2D eigenvalue weighted by atomic mass is 16.2. The summed E-state index contributed by atoms with van der Waals surface area (Å²) in [4.78, 5) is 28.0. The van der Waals surface area contributed by atoms with Crippen LogP contribution in [0.4, 0.5) is 11.4 Å². The third-order valence-corrected chi connectivity index (χ3v) is 5.13. The van der Waals surface area contributed by atoms with Gasteiger partial charge in [-0.15, -0.1) is 0 Å². The molecule has 1 saturated carbocycles. The van der Waals surface area contributed by atoms with Crippen LogP contribution >= 0.6 is 0 Å². The van der Waals surface area contributed by atoms with E-state index < -0.39 is 0 Å². The number of nitrogens with zero attached hydrogens (tertiary/aromatic N) is 2. The molecule has 0 atom stereocenters. The average Bonchev–Trinajstić information content (AvgIpc) is 3.02. The van der Waals surface area contributed by atoms with Gasteiger partial charge in [-0.05, 0) is 50.6 Å². The van der Waals surface area contributed by atoms with Gasteiger partial charge in [0.05, 0.1) is 6.54 Å². The third kappa shape index (κ3) is 4.15. The maximum atomic E-state index is 12.2. The summed E-state index contributed by atoms with van der Waals surface area (Å²) in [7, 11) is 2.04. The van der Waals surface area contributed by atoms with Gasteiger partial charge in [0.25, 0.3) is 0 Å². The molecule has 1 aliphatic heterocycles. The van der Waals surface area contributed by atoms with E-state index in [2.05, 4.69) is 10.2 Å². The van der Waals surface area contributed by atoms with Gasteiger partial charge in [-0.2, -0.15) is 0 Å². The van der Waals surface area contributed by atoms with Crippen molar-refractivity contribution in [2.45, 2.75) is 51.0 Å². The van der Waals surface area contributed by atoms with Crippen molar-refractivity contribution in [1.82, 2.24) is 4.90 Å². The van der Waals surface area contributed by atoms with E-state index in [4.69, 9.17) is 0 Å². The Bertz CT molecular complexity index is 579. The Morgan fingerprint density at radius 1 is 1.17 bits per heavy atom. The van der Waals surface area contributed by atoms with E-state index in [9.17, 15) is 9.59 Å². The first-order valence-corrected chi connectivity index (χ1v) is 9.04. The van der Waals surface area contributed by atoms with Gasteiger partial charge in [-0.3, -0.25) is 14.5 Å². The van der Waals surface area contributed by atoms with E-state index in [1.54, 1.807) is 0 Å². The number of hydrogen-bond acceptors (Lipinski definition) is 3. The number of nitrogens with one attached hydrogen (secondary N) is 1. The monoisotopic (exact) mass is 329 g/mol. The Labute approximate surface area is 144 Å². The number of carbonyl (C=O) groups is 2. The zero-order valence-electron chi connectivity index (χ0n) is 14.5. The van der Waals surface area contributed by atoms with Crippen molar-refractivity contribution >= 4 is 23.2 Å². The molecule has 0 unspecified atom stereocenters.